The summed E-state index contributed by atoms with van der Waals surface area (Å²) in [4.78, 5) is 24.6. The van der Waals surface area contributed by atoms with Crippen LogP contribution in [0.5, 0.6) is 0 Å². The van der Waals surface area contributed by atoms with E-state index < -0.39 is 0 Å². The monoisotopic (exact) mass is 328 g/mol. The van der Waals surface area contributed by atoms with Gasteiger partial charge in [-0.25, -0.2) is 0 Å². The summed E-state index contributed by atoms with van der Waals surface area (Å²) in [5, 5.41) is 0. The molecule has 0 aliphatic carbocycles. The number of carbonyl (C=O) groups excluding carboxylic acids is 2. The summed E-state index contributed by atoms with van der Waals surface area (Å²) in [5.41, 5.74) is 3.66. The van der Waals surface area contributed by atoms with Gasteiger partial charge in [0.25, 0.3) is 0 Å². The summed E-state index contributed by atoms with van der Waals surface area (Å²) in [7, 11) is 0. The highest BCUT2D eigenvalue weighted by molar-refractivity contribution is 6.38. The fraction of sp³-hybridized carbons (Fsp3) is 0.545. The van der Waals surface area contributed by atoms with Crippen molar-refractivity contribution in [1.29, 1.82) is 0 Å². The van der Waals surface area contributed by atoms with Crippen molar-refractivity contribution < 1.29 is 9.59 Å². The zero-order valence-corrected chi connectivity index (χ0v) is 16.1. The normalized spacial score (nSPS) is 13.5. The van der Waals surface area contributed by atoms with Crippen LogP contribution in [0.1, 0.15) is 83.8 Å². The molecule has 0 saturated heterocycles. The molecule has 0 aliphatic rings. The van der Waals surface area contributed by atoms with Crippen LogP contribution in [0.4, 0.5) is 0 Å². The second-order valence-corrected chi connectivity index (χ2v) is 7.48. The Morgan fingerprint density at radius 1 is 1.04 bits per heavy atom. The summed E-state index contributed by atoms with van der Waals surface area (Å²) in [6.45, 7) is 12.3. The number of allylic oxidation sites excluding steroid dienone is 2. The molecule has 0 bridgehead atoms. The molecule has 0 aliphatic heterocycles. The first kappa shape index (κ1) is 20.3. The fourth-order valence-corrected chi connectivity index (χ4v) is 2.75. The van der Waals surface area contributed by atoms with Crippen LogP contribution in [0.25, 0.3) is 0 Å². The SMILES string of the molecule is CC(C)=CCCC(C)C(=O)C(=O)CC(C)c1cccc(C(C)C)c1. The molecule has 2 unspecified atom stereocenters. The Labute approximate surface area is 147 Å². The van der Waals surface area contributed by atoms with Gasteiger partial charge in [-0.3, -0.25) is 9.59 Å². The topological polar surface area (TPSA) is 34.1 Å². The molecule has 2 atom stereocenters. The predicted octanol–water partition coefficient (Wildman–Crippen LogP) is 5.82. The first-order valence-electron chi connectivity index (χ1n) is 9.02. The van der Waals surface area contributed by atoms with Gasteiger partial charge in [-0.1, -0.05) is 63.6 Å². The van der Waals surface area contributed by atoms with Gasteiger partial charge in [-0.2, -0.15) is 0 Å². The van der Waals surface area contributed by atoms with Crippen molar-refractivity contribution in [2.45, 2.75) is 72.6 Å². The van der Waals surface area contributed by atoms with Gasteiger partial charge in [0.15, 0.2) is 5.78 Å². The molecule has 0 aromatic heterocycles. The number of hydrogen-bond donors (Lipinski definition) is 0. The Hall–Kier alpha value is -1.70. The van der Waals surface area contributed by atoms with Crippen molar-refractivity contribution in [3.05, 3.63) is 47.0 Å². The molecule has 1 aromatic carbocycles. The Morgan fingerprint density at radius 2 is 1.67 bits per heavy atom. The Bertz CT molecular complexity index is 592. The van der Waals surface area contributed by atoms with Crippen molar-refractivity contribution in [2.75, 3.05) is 0 Å². The molecule has 132 valence electrons. The molecule has 1 rings (SSSR count). The van der Waals surface area contributed by atoms with E-state index in [0.29, 0.717) is 12.3 Å². The first-order chi connectivity index (χ1) is 11.2. The maximum Gasteiger partial charge on any atom is 0.201 e. The first-order valence-corrected chi connectivity index (χ1v) is 9.02. The van der Waals surface area contributed by atoms with Crippen LogP contribution in [0.3, 0.4) is 0 Å². The van der Waals surface area contributed by atoms with Gasteiger partial charge in [-0.05, 0) is 49.7 Å². The van der Waals surface area contributed by atoms with Crippen molar-refractivity contribution in [1.82, 2.24) is 0 Å². The van der Waals surface area contributed by atoms with E-state index >= 15 is 0 Å². The van der Waals surface area contributed by atoms with Gasteiger partial charge < -0.3 is 0 Å². The van der Waals surface area contributed by atoms with Crippen LogP contribution in [0.15, 0.2) is 35.9 Å². The van der Waals surface area contributed by atoms with E-state index in [1.165, 1.54) is 11.1 Å². The Kier molecular flexibility index (Phi) is 8.10. The summed E-state index contributed by atoms with van der Waals surface area (Å²) in [6.07, 6.45) is 4.02. The highest BCUT2D eigenvalue weighted by Gasteiger charge is 2.23. The highest BCUT2D eigenvalue weighted by atomic mass is 16.2. The van der Waals surface area contributed by atoms with Gasteiger partial charge in [0, 0.05) is 12.3 Å². The molecule has 0 radical (unpaired) electrons. The molecule has 0 saturated carbocycles. The smallest absolute Gasteiger partial charge is 0.201 e. The molecular weight excluding hydrogens is 296 g/mol. The standard InChI is InChI=1S/C22H32O2/c1-15(2)9-7-10-17(5)22(24)21(23)13-18(6)20-12-8-11-19(14-20)16(3)4/h8-9,11-12,14,16-18H,7,10,13H2,1-6H3. The van der Waals surface area contributed by atoms with Crippen molar-refractivity contribution in [3.63, 3.8) is 0 Å². The van der Waals surface area contributed by atoms with E-state index in [-0.39, 0.29) is 23.4 Å². The summed E-state index contributed by atoms with van der Waals surface area (Å²) < 4.78 is 0. The van der Waals surface area contributed by atoms with E-state index in [4.69, 9.17) is 0 Å². The second kappa shape index (κ2) is 9.56. The quantitative estimate of drug-likeness (QED) is 0.422. The largest absolute Gasteiger partial charge is 0.291 e. The summed E-state index contributed by atoms with van der Waals surface area (Å²) in [6, 6.07) is 8.35. The number of hydrogen-bond acceptors (Lipinski definition) is 2. The molecule has 24 heavy (non-hydrogen) atoms. The van der Waals surface area contributed by atoms with Gasteiger partial charge in [-0.15, -0.1) is 0 Å². The minimum atomic E-state index is -0.234. The Balaban J connectivity index is 2.64. The average Bonchev–Trinajstić information content (AvgIpc) is 2.53. The van der Waals surface area contributed by atoms with E-state index in [1.807, 2.05) is 39.8 Å². The van der Waals surface area contributed by atoms with E-state index in [2.05, 4.69) is 32.1 Å². The average molecular weight is 328 g/mol. The molecular formula is C22H32O2. The van der Waals surface area contributed by atoms with Gasteiger partial charge >= 0.3 is 0 Å². The van der Waals surface area contributed by atoms with E-state index in [1.54, 1.807) is 0 Å². The lowest BCUT2D eigenvalue weighted by Crippen LogP contribution is -2.23. The zero-order chi connectivity index (χ0) is 18.3. The minimum Gasteiger partial charge on any atom is -0.291 e. The number of ketones is 2. The summed E-state index contributed by atoms with van der Waals surface area (Å²) >= 11 is 0. The molecule has 2 nitrogen and oxygen atoms in total. The van der Waals surface area contributed by atoms with E-state index in [0.717, 1.165) is 18.4 Å². The van der Waals surface area contributed by atoms with Crippen molar-refractivity contribution in [3.8, 4) is 0 Å². The molecule has 0 amide bonds. The molecule has 0 N–H and O–H groups in total. The fourth-order valence-electron chi connectivity index (χ4n) is 2.75. The molecule has 0 heterocycles. The molecule has 0 spiro atoms. The van der Waals surface area contributed by atoms with Crippen LogP contribution in [0, 0.1) is 5.92 Å². The van der Waals surface area contributed by atoms with Gasteiger partial charge in [0.2, 0.25) is 5.78 Å². The van der Waals surface area contributed by atoms with Crippen LogP contribution in [0.2, 0.25) is 0 Å². The van der Waals surface area contributed by atoms with Crippen LogP contribution in [-0.4, -0.2) is 11.6 Å². The third kappa shape index (κ3) is 6.43. The predicted molar refractivity (Wildman–Crippen MR) is 101 cm³/mol. The lowest BCUT2D eigenvalue weighted by Gasteiger charge is -2.15. The van der Waals surface area contributed by atoms with Gasteiger partial charge in [0.1, 0.15) is 0 Å². The molecule has 2 heteroatoms. The molecule has 1 aromatic rings. The zero-order valence-electron chi connectivity index (χ0n) is 16.1. The van der Waals surface area contributed by atoms with Crippen molar-refractivity contribution in [2.24, 2.45) is 5.92 Å². The third-order valence-corrected chi connectivity index (χ3v) is 4.51. The third-order valence-electron chi connectivity index (χ3n) is 4.51. The maximum absolute atomic E-state index is 12.3. The maximum atomic E-state index is 12.3. The number of rotatable bonds is 9. The van der Waals surface area contributed by atoms with Crippen LogP contribution < -0.4 is 0 Å². The van der Waals surface area contributed by atoms with Crippen LogP contribution >= 0.6 is 0 Å². The highest BCUT2D eigenvalue weighted by Crippen LogP contribution is 2.24. The number of Topliss-reactive ketones (excluding diaryl/α,β-unsaturated/α-hetero) is 2. The number of benzene rings is 1. The minimum absolute atomic E-state index is 0.0742. The lowest BCUT2D eigenvalue weighted by atomic mass is 9.88. The van der Waals surface area contributed by atoms with E-state index in [9.17, 15) is 9.59 Å². The van der Waals surface area contributed by atoms with Gasteiger partial charge in [0.05, 0.1) is 0 Å². The lowest BCUT2D eigenvalue weighted by molar-refractivity contribution is -0.139. The van der Waals surface area contributed by atoms with Crippen LogP contribution in [-0.2, 0) is 9.59 Å². The molecule has 0 fully saturated rings. The second-order valence-electron chi connectivity index (χ2n) is 7.48. The number of carbonyl (C=O) groups is 2. The Morgan fingerprint density at radius 3 is 2.25 bits per heavy atom. The van der Waals surface area contributed by atoms with Crippen molar-refractivity contribution >= 4 is 11.6 Å². The summed E-state index contributed by atoms with van der Waals surface area (Å²) in [5.74, 6) is -0.108.